The topological polar surface area (TPSA) is 72.5 Å². The van der Waals surface area contributed by atoms with Crippen LogP contribution in [-0.4, -0.2) is 32.7 Å². The van der Waals surface area contributed by atoms with Crippen LogP contribution in [0.5, 0.6) is 0 Å². The van der Waals surface area contributed by atoms with Crippen molar-refractivity contribution in [2.75, 3.05) is 6.26 Å². The van der Waals surface area contributed by atoms with Crippen molar-refractivity contribution in [1.29, 1.82) is 0 Å². The van der Waals surface area contributed by atoms with E-state index in [1.54, 1.807) is 12.1 Å². The number of benzene rings is 2. The van der Waals surface area contributed by atoms with Gasteiger partial charge in [0.1, 0.15) is 0 Å². The third-order valence-corrected chi connectivity index (χ3v) is 4.91. The number of amides is 1. The molecular formula is C19H21NO4S. The average molecular weight is 359 g/mol. The summed E-state index contributed by atoms with van der Waals surface area (Å²) in [7, 11) is -3.46. The van der Waals surface area contributed by atoms with Crippen molar-refractivity contribution in [1.82, 2.24) is 5.32 Å². The van der Waals surface area contributed by atoms with Crippen molar-refractivity contribution >= 4 is 16.0 Å². The Bertz CT molecular complexity index is 831. The van der Waals surface area contributed by atoms with Crippen LogP contribution in [0.2, 0.25) is 0 Å². The van der Waals surface area contributed by atoms with Crippen LogP contribution in [0.25, 0.3) is 11.1 Å². The molecule has 3 rings (SSSR count). The van der Waals surface area contributed by atoms with Gasteiger partial charge in [-0.25, -0.2) is 0 Å². The van der Waals surface area contributed by atoms with Crippen LogP contribution >= 0.6 is 0 Å². The van der Waals surface area contributed by atoms with Crippen molar-refractivity contribution in [2.45, 2.75) is 31.4 Å². The fourth-order valence-corrected chi connectivity index (χ4v) is 3.79. The normalized spacial score (nSPS) is 20.4. The third-order valence-electron chi connectivity index (χ3n) is 4.28. The molecule has 1 fully saturated rings. The summed E-state index contributed by atoms with van der Waals surface area (Å²) in [4.78, 5) is 12.4. The standard InChI is InChI=1S/C19H21NO4S/c1-25(22,23)24-18-12-11-17(13-18)20-19(21)16-9-7-15(8-10-16)14-5-3-2-4-6-14/h2-10,17-18H,11-13H2,1H3,(H,20,21)/t17-,18-/m0/s1. The fraction of sp³-hybridized carbons (Fsp3) is 0.316. The molecule has 1 aliphatic carbocycles. The maximum atomic E-state index is 12.4. The van der Waals surface area contributed by atoms with Gasteiger partial charge < -0.3 is 5.32 Å². The highest BCUT2D eigenvalue weighted by Gasteiger charge is 2.29. The summed E-state index contributed by atoms with van der Waals surface area (Å²) in [6.45, 7) is 0. The predicted octanol–water partition coefficient (Wildman–Crippen LogP) is 2.98. The van der Waals surface area contributed by atoms with Crippen LogP contribution in [0.3, 0.4) is 0 Å². The lowest BCUT2D eigenvalue weighted by molar-refractivity contribution is 0.0935. The summed E-state index contributed by atoms with van der Waals surface area (Å²) in [5.41, 5.74) is 2.75. The minimum atomic E-state index is -3.46. The van der Waals surface area contributed by atoms with E-state index in [0.29, 0.717) is 24.8 Å². The highest BCUT2D eigenvalue weighted by molar-refractivity contribution is 7.86. The van der Waals surface area contributed by atoms with Crippen LogP contribution < -0.4 is 5.32 Å². The molecule has 6 heteroatoms. The van der Waals surface area contributed by atoms with Crippen LogP contribution in [0, 0.1) is 0 Å². The Morgan fingerprint density at radius 2 is 1.64 bits per heavy atom. The summed E-state index contributed by atoms with van der Waals surface area (Å²) < 4.78 is 27.4. The lowest BCUT2D eigenvalue weighted by Crippen LogP contribution is -2.33. The van der Waals surface area contributed by atoms with Gasteiger partial charge in [0.2, 0.25) is 0 Å². The van der Waals surface area contributed by atoms with Crippen molar-refractivity contribution in [3.8, 4) is 11.1 Å². The highest BCUT2D eigenvalue weighted by atomic mass is 32.2. The van der Waals surface area contributed by atoms with E-state index in [0.717, 1.165) is 17.4 Å². The predicted molar refractivity (Wildman–Crippen MR) is 96.7 cm³/mol. The number of carbonyl (C=O) groups is 1. The van der Waals surface area contributed by atoms with E-state index >= 15 is 0 Å². The maximum absolute atomic E-state index is 12.4. The first kappa shape index (κ1) is 17.6. The van der Waals surface area contributed by atoms with E-state index in [2.05, 4.69) is 5.32 Å². The van der Waals surface area contributed by atoms with Gasteiger partial charge in [-0.3, -0.25) is 8.98 Å². The molecule has 0 unspecified atom stereocenters. The summed E-state index contributed by atoms with van der Waals surface area (Å²) in [5.74, 6) is -0.149. The molecular weight excluding hydrogens is 338 g/mol. The van der Waals surface area contributed by atoms with Gasteiger partial charge in [0.05, 0.1) is 12.4 Å². The van der Waals surface area contributed by atoms with E-state index in [-0.39, 0.29) is 18.1 Å². The minimum Gasteiger partial charge on any atom is -0.349 e. The molecule has 0 spiro atoms. The van der Waals surface area contributed by atoms with Crippen LogP contribution in [0.15, 0.2) is 54.6 Å². The van der Waals surface area contributed by atoms with E-state index in [1.807, 2.05) is 42.5 Å². The van der Waals surface area contributed by atoms with Crippen LogP contribution in [0.4, 0.5) is 0 Å². The Kier molecular flexibility index (Phi) is 5.20. The van der Waals surface area contributed by atoms with E-state index < -0.39 is 10.1 Å². The van der Waals surface area contributed by atoms with E-state index in [1.165, 1.54) is 0 Å². The number of nitrogens with one attached hydrogen (secondary N) is 1. The quantitative estimate of drug-likeness (QED) is 0.833. The lowest BCUT2D eigenvalue weighted by Gasteiger charge is -2.13. The van der Waals surface area contributed by atoms with E-state index in [9.17, 15) is 13.2 Å². The Morgan fingerprint density at radius 3 is 2.28 bits per heavy atom. The molecule has 1 aliphatic rings. The van der Waals surface area contributed by atoms with E-state index in [4.69, 9.17) is 4.18 Å². The Balaban J connectivity index is 1.59. The average Bonchev–Trinajstić information content (AvgIpc) is 3.00. The molecule has 132 valence electrons. The Hall–Kier alpha value is -2.18. The molecule has 0 aromatic heterocycles. The Morgan fingerprint density at radius 1 is 1.00 bits per heavy atom. The first-order valence-electron chi connectivity index (χ1n) is 8.25. The molecule has 0 heterocycles. The van der Waals surface area contributed by atoms with Gasteiger partial charge in [0, 0.05) is 11.6 Å². The SMILES string of the molecule is CS(=O)(=O)O[C@H]1CC[C@H](NC(=O)c2ccc(-c3ccccc3)cc2)C1. The number of rotatable bonds is 5. The van der Waals surface area contributed by atoms with Gasteiger partial charge in [-0.15, -0.1) is 0 Å². The third kappa shape index (κ3) is 4.90. The van der Waals surface area contributed by atoms with Crippen LogP contribution in [-0.2, 0) is 14.3 Å². The number of hydrogen-bond acceptors (Lipinski definition) is 4. The van der Waals surface area contributed by atoms with Gasteiger partial charge in [-0.05, 0) is 42.5 Å². The van der Waals surface area contributed by atoms with Crippen molar-refractivity contribution < 1.29 is 17.4 Å². The highest BCUT2D eigenvalue weighted by Crippen LogP contribution is 2.24. The second kappa shape index (κ2) is 7.37. The molecule has 0 radical (unpaired) electrons. The summed E-state index contributed by atoms with van der Waals surface area (Å²) in [5, 5.41) is 2.96. The molecule has 1 amide bonds. The molecule has 0 saturated heterocycles. The number of carbonyl (C=O) groups excluding carboxylic acids is 1. The molecule has 25 heavy (non-hydrogen) atoms. The zero-order chi connectivity index (χ0) is 17.9. The fourth-order valence-electron chi connectivity index (χ4n) is 3.12. The second-order valence-corrected chi connectivity index (χ2v) is 7.95. The smallest absolute Gasteiger partial charge is 0.264 e. The molecule has 2 aromatic rings. The lowest BCUT2D eigenvalue weighted by atomic mass is 10.0. The van der Waals surface area contributed by atoms with Gasteiger partial charge in [-0.1, -0.05) is 42.5 Å². The first-order valence-corrected chi connectivity index (χ1v) is 10.1. The Labute approximate surface area is 148 Å². The summed E-state index contributed by atoms with van der Waals surface area (Å²) in [6, 6.07) is 17.4. The van der Waals surface area contributed by atoms with Gasteiger partial charge in [-0.2, -0.15) is 8.42 Å². The minimum absolute atomic E-state index is 0.0620. The van der Waals surface area contributed by atoms with Gasteiger partial charge >= 0.3 is 0 Å². The molecule has 0 bridgehead atoms. The van der Waals surface area contributed by atoms with Gasteiger partial charge in [0.25, 0.3) is 16.0 Å². The molecule has 5 nitrogen and oxygen atoms in total. The summed E-state index contributed by atoms with van der Waals surface area (Å²) in [6.07, 6.45) is 2.56. The molecule has 2 aromatic carbocycles. The van der Waals surface area contributed by atoms with Gasteiger partial charge in [0.15, 0.2) is 0 Å². The monoisotopic (exact) mass is 359 g/mol. The zero-order valence-electron chi connectivity index (χ0n) is 14.0. The molecule has 2 atom stereocenters. The zero-order valence-corrected chi connectivity index (χ0v) is 14.8. The van der Waals surface area contributed by atoms with Crippen LogP contribution in [0.1, 0.15) is 29.6 Å². The largest absolute Gasteiger partial charge is 0.349 e. The second-order valence-electron chi connectivity index (χ2n) is 6.35. The van der Waals surface area contributed by atoms with Crippen molar-refractivity contribution in [2.24, 2.45) is 0 Å². The molecule has 1 saturated carbocycles. The molecule has 1 N–H and O–H groups in total. The number of hydrogen-bond donors (Lipinski definition) is 1. The first-order chi connectivity index (χ1) is 11.9. The van der Waals surface area contributed by atoms with Crippen molar-refractivity contribution in [3.05, 3.63) is 60.2 Å². The molecule has 0 aliphatic heterocycles. The summed E-state index contributed by atoms with van der Waals surface area (Å²) >= 11 is 0. The maximum Gasteiger partial charge on any atom is 0.264 e. The van der Waals surface area contributed by atoms with Crippen molar-refractivity contribution in [3.63, 3.8) is 0 Å².